The zero-order valence-electron chi connectivity index (χ0n) is 12.2. The van der Waals surface area contributed by atoms with Crippen molar-refractivity contribution < 1.29 is 19.6 Å². The number of nitro groups is 1. The summed E-state index contributed by atoms with van der Waals surface area (Å²) in [6, 6.07) is 11.7. The fourth-order valence-electron chi connectivity index (χ4n) is 1.68. The van der Waals surface area contributed by atoms with Gasteiger partial charge in [-0.15, -0.1) is 0 Å². The van der Waals surface area contributed by atoms with Gasteiger partial charge in [0.25, 0.3) is 5.69 Å². The van der Waals surface area contributed by atoms with Crippen molar-refractivity contribution in [1.82, 2.24) is 5.43 Å². The lowest BCUT2D eigenvalue weighted by Crippen LogP contribution is -2.32. The molecule has 9 heteroatoms. The second-order valence-corrected chi connectivity index (χ2v) is 4.52. The van der Waals surface area contributed by atoms with Gasteiger partial charge in [0.15, 0.2) is 0 Å². The maximum Gasteiger partial charge on any atom is 0.329 e. The molecule has 0 bridgehead atoms. The summed E-state index contributed by atoms with van der Waals surface area (Å²) >= 11 is 0. The fourth-order valence-corrected chi connectivity index (χ4v) is 1.68. The molecule has 2 aromatic carbocycles. The Morgan fingerprint density at radius 2 is 1.83 bits per heavy atom. The first-order valence-electron chi connectivity index (χ1n) is 6.64. The van der Waals surface area contributed by atoms with Gasteiger partial charge in [0, 0.05) is 23.4 Å². The Morgan fingerprint density at radius 3 is 2.50 bits per heavy atom. The van der Waals surface area contributed by atoms with E-state index in [1.807, 2.05) is 5.43 Å². The average molecular weight is 328 g/mol. The number of benzene rings is 2. The van der Waals surface area contributed by atoms with E-state index in [1.165, 1.54) is 0 Å². The molecular weight excluding hydrogens is 316 g/mol. The summed E-state index contributed by atoms with van der Waals surface area (Å²) in [6.07, 6.45) is 0.996. The van der Waals surface area contributed by atoms with E-state index in [-0.39, 0.29) is 17.0 Å². The standard InChI is InChI=1S/C15H12N4O5/c20-13-7-6-12(19(23)24)8-10(13)9-16-18-15(22)14(21)17-11-4-2-1-3-5-11/h1-9,20H,(H,17,21)(H,18,22)/b16-9+. The Balaban J connectivity index is 1.98. The molecule has 0 saturated carbocycles. The van der Waals surface area contributed by atoms with Crippen LogP contribution in [0.4, 0.5) is 11.4 Å². The minimum atomic E-state index is -1.03. The van der Waals surface area contributed by atoms with E-state index in [0.717, 1.165) is 24.4 Å². The van der Waals surface area contributed by atoms with Crippen molar-refractivity contribution in [2.24, 2.45) is 5.10 Å². The van der Waals surface area contributed by atoms with E-state index in [2.05, 4.69) is 10.4 Å². The molecule has 0 atom stereocenters. The Bertz CT molecular complexity index is 805. The zero-order valence-corrected chi connectivity index (χ0v) is 12.2. The molecule has 0 aliphatic heterocycles. The fraction of sp³-hybridized carbons (Fsp3) is 0. The second-order valence-electron chi connectivity index (χ2n) is 4.52. The number of hydrogen-bond acceptors (Lipinski definition) is 6. The molecule has 3 N–H and O–H groups in total. The first kappa shape index (κ1) is 16.6. The van der Waals surface area contributed by atoms with Crippen molar-refractivity contribution in [1.29, 1.82) is 0 Å². The Labute approximate surface area is 135 Å². The van der Waals surface area contributed by atoms with Crippen LogP contribution in [0.5, 0.6) is 5.75 Å². The highest BCUT2D eigenvalue weighted by atomic mass is 16.6. The third kappa shape index (κ3) is 4.37. The number of aromatic hydroxyl groups is 1. The minimum absolute atomic E-state index is 0.0213. The van der Waals surface area contributed by atoms with Gasteiger partial charge in [-0.05, 0) is 18.2 Å². The highest BCUT2D eigenvalue weighted by Gasteiger charge is 2.13. The van der Waals surface area contributed by atoms with Crippen LogP contribution in [0.1, 0.15) is 5.56 Å². The van der Waals surface area contributed by atoms with Crippen LogP contribution in [-0.4, -0.2) is 28.1 Å². The largest absolute Gasteiger partial charge is 0.507 e. The topological polar surface area (TPSA) is 134 Å². The minimum Gasteiger partial charge on any atom is -0.507 e. The number of para-hydroxylation sites is 1. The number of phenols is 1. The molecule has 0 spiro atoms. The number of carbonyl (C=O) groups is 2. The van der Waals surface area contributed by atoms with Crippen LogP contribution in [0.2, 0.25) is 0 Å². The Kier molecular flexibility index (Phi) is 5.19. The highest BCUT2D eigenvalue weighted by molar-refractivity contribution is 6.39. The molecule has 9 nitrogen and oxygen atoms in total. The van der Waals surface area contributed by atoms with Crippen molar-refractivity contribution in [2.45, 2.75) is 0 Å². The van der Waals surface area contributed by atoms with Gasteiger partial charge in [-0.2, -0.15) is 5.10 Å². The first-order chi connectivity index (χ1) is 11.5. The normalized spacial score (nSPS) is 10.3. The molecule has 0 unspecified atom stereocenters. The molecule has 0 radical (unpaired) electrons. The quantitative estimate of drug-likeness (QED) is 0.337. The third-order valence-electron chi connectivity index (χ3n) is 2.83. The molecular formula is C15H12N4O5. The van der Waals surface area contributed by atoms with E-state index in [4.69, 9.17) is 0 Å². The third-order valence-corrected chi connectivity index (χ3v) is 2.83. The van der Waals surface area contributed by atoms with E-state index >= 15 is 0 Å². The van der Waals surface area contributed by atoms with E-state index in [0.29, 0.717) is 5.69 Å². The molecule has 0 heterocycles. The van der Waals surface area contributed by atoms with Crippen molar-refractivity contribution in [3.8, 4) is 5.75 Å². The van der Waals surface area contributed by atoms with Gasteiger partial charge in [0.05, 0.1) is 11.1 Å². The molecule has 0 aliphatic carbocycles. The van der Waals surface area contributed by atoms with Crippen LogP contribution in [0.15, 0.2) is 53.6 Å². The molecule has 24 heavy (non-hydrogen) atoms. The summed E-state index contributed by atoms with van der Waals surface area (Å²) < 4.78 is 0. The first-order valence-corrected chi connectivity index (χ1v) is 6.64. The van der Waals surface area contributed by atoms with E-state index < -0.39 is 16.7 Å². The van der Waals surface area contributed by atoms with Gasteiger partial charge in [-0.3, -0.25) is 19.7 Å². The number of carbonyl (C=O) groups excluding carboxylic acids is 2. The number of nitro benzene ring substituents is 1. The Morgan fingerprint density at radius 1 is 1.12 bits per heavy atom. The maximum atomic E-state index is 11.6. The molecule has 2 aromatic rings. The predicted octanol–water partition coefficient (Wildman–Crippen LogP) is 1.39. The number of amides is 2. The van der Waals surface area contributed by atoms with E-state index in [9.17, 15) is 24.8 Å². The number of anilines is 1. The smallest absolute Gasteiger partial charge is 0.329 e. The monoisotopic (exact) mass is 328 g/mol. The molecule has 0 saturated heterocycles. The van der Waals surface area contributed by atoms with Crippen LogP contribution < -0.4 is 10.7 Å². The Hall–Kier alpha value is -3.75. The molecule has 0 aliphatic rings. The summed E-state index contributed by atoms with van der Waals surface area (Å²) in [6.45, 7) is 0. The molecule has 2 amide bonds. The molecule has 0 fully saturated rings. The van der Waals surface area contributed by atoms with Gasteiger partial charge in [-0.25, -0.2) is 5.43 Å². The van der Waals surface area contributed by atoms with Crippen LogP contribution in [0.3, 0.4) is 0 Å². The summed E-state index contributed by atoms with van der Waals surface area (Å²) in [4.78, 5) is 33.2. The lowest BCUT2D eigenvalue weighted by Gasteiger charge is -2.03. The van der Waals surface area contributed by atoms with Crippen LogP contribution in [-0.2, 0) is 9.59 Å². The number of nitrogens with one attached hydrogen (secondary N) is 2. The van der Waals surface area contributed by atoms with Crippen LogP contribution >= 0.6 is 0 Å². The number of hydrogen-bond donors (Lipinski definition) is 3. The summed E-state index contributed by atoms with van der Waals surface area (Å²) in [5.74, 6) is -2.21. The predicted molar refractivity (Wildman–Crippen MR) is 85.6 cm³/mol. The van der Waals surface area contributed by atoms with Gasteiger partial charge < -0.3 is 10.4 Å². The zero-order chi connectivity index (χ0) is 17.5. The number of non-ortho nitro benzene ring substituents is 1. The second kappa shape index (κ2) is 7.49. The molecule has 2 rings (SSSR count). The lowest BCUT2D eigenvalue weighted by molar-refractivity contribution is -0.384. The van der Waals surface area contributed by atoms with Gasteiger partial charge >= 0.3 is 11.8 Å². The van der Waals surface area contributed by atoms with Crippen molar-refractivity contribution in [3.63, 3.8) is 0 Å². The summed E-state index contributed by atoms with van der Waals surface area (Å²) in [5.41, 5.74) is 2.18. The maximum absolute atomic E-state index is 11.6. The number of nitrogens with zero attached hydrogens (tertiary/aromatic N) is 2. The number of rotatable bonds is 4. The number of hydrazone groups is 1. The van der Waals surface area contributed by atoms with Crippen molar-refractivity contribution >= 4 is 29.4 Å². The number of phenolic OH excluding ortho intramolecular Hbond substituents is 1. The van der Waals surface area contributed by atoms with Crippen molar-refractivity contribution in [2.75, 3.05) is 5.32 Å². The summed E-state index contributed by atoms with van der Waals surface area (Å²) in [7, 11) is 0. The lowest BCUT2D eigenvalue weighted by atomic mass is 10.2. The SMILES string of the molecule is O=C(N/N=C/c1cc([N+](=O)[O-])ccc1O)C(=O)Nc1ccccc1. The van der Waals surface area contributed by atoms with Gasteiger partial charge in [0.1, 0.15) is 5.75 Å². The van der Waals surface area contributed by atoms with E-state index in [1.54, 1.807) is 30.3 Å². The average Bonchev–Trinajstić information content (AvgIpc) is 2.57. The van der Waals surface area contributed by atoms with Crippen molar-refractivity contribution in [3.05, 3.63) is 64.2 Å². The molecule has 0 aromatic heterocycles. The van der Waals surface area contributed by atoms with Gasteiger partial charge in [0.2, 0.25) is 0 Å². The molecule has 122 valence electrons. The van der Waals surface area contributed by atoms with Crippen LogP contribution in [0, 0.1) is 10.1 Å². The van der Waals surface area contributed by atoms with Gasteiger partial charge in [-0.1, -0.05) is 18.2 Å². The summed E-state index contributed by atoms with van der Waals surface area (Å²) in [5, 5.41) is 26.1. The van der Waals surface area contributed by atoms with Crippen LogP contribution in [0.25, 0.3) is 0 Å². The highest BCUT2D eigenvalue weighted by Crippen LogP contribution is 2.21.